The molecule has 0 aromatic rings. The molecule has 2 bridgehead atoms. The van der Waals surface area contributed by atoms with E-state index in [4.69, 9.17) is 4.74 Å². The molecule has 102 valence electrons. The van der Waals surface area contributed by atoms with E-state index in [1.165, 1.54) is 19.3 Å². The summed E-state index contributed by atoms with van der Waals surface area (Å²) < 4.78 is 5.79. The molecule has 1 N–H and O–H groups in total. The molecule has 4 heteroatoms. The number of carbonyl (C=O) groups is 1. The second kappa shape index (κ2) is 5.08. The third kappa shape index (κ3) is 2.63. The molecule has 0 radical (unpaired) electrons. The Labute approximate surface area is 109 Å². The molecule has 3 saturated heterocycles. The molecule has 1 amide bonds. The highest BCUT2D eigenvalue weighted by atomic mass is 16.6. The first kappa shape index (κ1) is 12.3. The van der Waals surface area contributed by atoms with Crippen molar-refractivity contribution < 1.29 is 9.53 Å². The van der Waals surface area contributed by atoms with Crippen LogP contribution in [0.1, 0.15) is 51.4 Å². The number of hydrogen-bond donors (Lipinski definition) is 1. The summed E-state index contributed by atoms with van der Waals surface area (Å²) in [7, 11) is 0. The summed E-state index contributed by atoms with van der Waals surface area (Å²) in [5, 5.41) is 3.07. The number of piperidine rings is 3. The Kier molecular flexibility index (Phi) is 3.46. The van der Waals surface area contributed by atoms with Crippen molar-refractivity contribution in [3.63, 3.8) is 0 Å². The van der Waals surface area contributed by atoms with Crippen molar-refractivity contribution in [2.75, 3.05) is 19.6 Å². The first-order valence-corrected chi connectivity index (χ1v) is 7.48. The second-order valence-electron chi connectivity index (χ2n) is 6.14. The highest BCUT2D eigenvalue weighted by Crippen LogP contribution is 2.35. The third-order valence-electron chi connectivity index (χ3n) is 4.89. The lowest BCUT2D eigenvalue weighted by Gasteiger charge is -2.47. The summed E-state index contributed by atoms with van der Waals surface area (Å²) in [5.74, 6) is 0. The topological polar surface area (TPSA) is 41.6 Å². The van der Waals surface area contributed by atoms with Crippen LogP contribution in [0.15, 0.2) is 0 Å². The van der Waals surface area contributed by atoms with E-state index in [1.54, 1.807) is 0 Å². The fourth-order valence-electron chi connectivity index (χ4n) is 3.59. The van der Waals surface area contributed by atoms with Crippen LogP contribution in [-0.2, 0) is 4.74 Å². The van der Waals surface area contributed by atoms with Crippen LogP contribution >= 0.6 is 0 Å². The molecule has 18 heavy (non-hydrogen) atoms. The van der Waals surface area contributed by atoms with Crippen molar-refractivity contribution >= 4 is 6.09 Å². The molecule has 1 saturated carbocycles. The van der Waals surface area contributed by atoms with Gasteiger partial charge in [-0.05, 0) is 12.8 Å². The van der Waals surface area contributed by atoms with Crippen LogP contribution in [0.25, 0.3) is 0 Å². The Hall–Kier alpha value is -0.770. The van der Waals surface area contributed by atoms with E-state index in [1.807, 2.05) is 0 Å². The van der Waals surface area contributed by atoms with Crippen LogP contribution < -0.4 is 5.32 Å². The van der Waals surface area contributed by atoms with Crippen LogP contribution in [0.4, 0.5) is 4.79 Å². The van der Waals surface area contributed by atoms with Crippen LogP contribution in [0, 0.1) is 0 Å². The molecule has 0 spiro atoms. The van der Waals surface area contributed by atoms with Crippen molar-refractivity contribution in [1.82, 2.24) is 10.2 Å². The summed E-state index contributed by atoms with van der Waals surface area (Å²) in [6.07, 6.45) is 8.92. The van der Waals surface area contributed by atoms with Gasteiger partial charge in [0.2, 0.25) is 0 Å². The van der Waals surface area contributed by atoms with E-state index in [9.17, 15) is 4.79 Å². The molecule has 0 unspecified atom stereocenters. The molecule has 0 aromatic heterocycles. The maximum atomic E-state index is 12.0. The molecule has 0 aromatic carbocycles. The van der Waals surface area contributed by atoms with Gasteiger partial charge in [0.05, 0.1) is 0 Å². The Balaban J connectivity index is 1.50. The van der Waals surface area contributed by atoms with Crippen molar-refractivity contribution in [2.45, 2.75) is 63.0 Å². The average Bonchev–Trinajstić information content (AvgIpc) is 2.41. The maximum absolute atomic E-state index is 12.0. The molecule has 4 fully saturated rings. The monoisotopic (exact) mass is 252 g/mol. The van der Waals surface area contributed by atoms with Gasteiger partial charge in [-0.15, -0.1) is 0 Å². The van der Waals surface area contributed by atoms with E-state index in [0.29, 0.717) is 6.04 Å². The SMILES string of the molecule is O=C(NC1CCCCC1)OC12CCN(CC1)CC2. The quantitative estimate of drug-likeness (QED) is 0.820. The molecule has 3 heterocycles. The Morgan fingerprint density at radius 2 is 1.67 bits per heavy atom. The predicted octanol–water partition coefficient (Wildman–Crippen LogP) is 2.28. The van der Waals surface area contributed by atoms with Crippen LogP contribution in [0.2, 0.25) is 0 Å². The number of alkyl carbamates (subject to hydrolysis) is 1. The lowest BCUT2D eigenvalue weighted by atomic mass is 9.83. The van der Waals surface area contributed by atoms with Gasteiger partial charge in [-0.1, -0.05) is 19.3 Å². The van der Waals surface area contributed by atoms with E-state index in [0.717, 1.165) is 51.7 Å². The van der Waals surface area contributed by atoms with E-state index in [2.05, 4.69) is 10.2 Å². The molecule has 0 atom stereocenters. The van der Waals surface area contributed by atoms with Crippen molar-refractivity contribution in [2.24, 2.45) is 0 Å². The molecule has 4 aliphatic rings. The minimum Gasteiger partial charge on any atom is -0.443 e. The Morgan fingerprint density at radius 1 is 1.06 bits per heavy atom. The summed E-state index contributed by atoms with van der Waals surface area (Å²) in [4.78, 5) is 14.5. The highest BCUT2D eigenvalue weighted by molar-refractivity contribution is 5.68. The van der Waals surface area contributed by atoms with E-state index >= 15 is 0 Å². The van der Waals surface area contributed by atoms with Gasteiger partial charge in [0.1, 0.15) is 5.60 Å². The van der Waals surface area contributed by atoms with Gasteiger partial charge in [-0.2, -0.15) is 0 Å². The highest BCUT2D eigenvalue weighted by Gasteiger charge is 2.42. The van der Waals surface area contributed by atoms with Crippen molar-refractivity contribution in [3.05, 3.63) is 0 Å². The summed E-state index contributed by atoms with van der Waals surface area (Å²) in [6, 6.07) is 0.353. The molecule has 4 nitrogen and oxygen atoms in total. The number of nitrogens with one attached hydrogen (secondary N) is 1. The van der Waals surface area contributed by atoms with Crippen LogP contribution in [0.5, 0.6) is 0 Å². The van der Waals surface area contributed by atoms with Gasteiger partial charge < -0.3 is 15.0 Å². The number of hydrogen-bond acceptors (Lipinski definition) is 3. The smallest absolute Gasteiger partial charge is 0.407 e. The Bertz CT molecular complexity index is 291. The predicted molar refractivity (Wildman–Crippen MR) is 69.5 cm³/mol. The molecular weight excluding hydrogens is 228 g/mol. The molecule has 3 aliphatic heterocycles. The number of rotatable bonds is 2. The zero-order valence-electron chi connectivity index (χ0n) is 11.1. The van der Waals surface area contributed by atoms with Gasteiger partial charge >= 0.3 is 6.09 Å². The van der Waals surface area contributed by atoms with Crippen LogP contribution in [-0.4, -0.2) is 42.3 Å². The molecular formula is C14H24N2O2. The summed E-state index contributed by atoms with van der Waals surface area (Å²) >= 11 is 0. The lowest BCUT2D eigenvalue weighted by Crippen LogP contribution is -2.55. The zero-order valence-corrected chi connectivity index (χ0v) is 11.1. The van der Waals surface area contributed by atoms with Gasteiger partial charge in [0, 0.05) is 44.9 Å². The van der Waals surface area contributed by atoms with E-state index in [-0.39, 0.29) is 11.7 Å². The minimum absolute atomic E-state index is 0.145. The fourth-order valence-corrected chi connectivity index (χ4v) is 3.59. The first-order chi connectivity index (χ1) is 8.76. The van der Waals surface area contributed by atoms with Gasteiger partial charge in [-0.3, -0.25) is 0 Å². The molecule has 4 rings (SSSR count). The van der Waals surface area contributed by atoms with Crippen molar-refractivity contribution in [1.29, 1.82) is 0 Å². The normalized spacial score (nSPS) is 36.3. The Morgan fingerprint density at radius 3 is 2.28 bits per heavy atom. The second-order valence-corrected chi connectivity index (χ2v) is 6.14. The molecule has 1 aliphatic carbocycles. The number of carbonyl (C=O) groups excluding carboxylic acids is 1. The first-order valence-electron chi connectivity index (χ1n) is 7.48. The van der Waals surface area contributed by atoms with E-state index < -0.39 is 0 Å². The standard InChI is InChI=1S/C14H24N2O2/c17-13(15-12-4-2-1-3-5-12)18-14-6-9-16(10-7-14)11-8-14/h12H,1-11H2,(H,15,17). The van der Waals surface area contributed by atoms with Gasteiger partial charge in [-0.25, -0.2) is 4.79 Å². The number of nitrogens with zero attached hydrogens (tertiary/aromatic N) is 1. The van der Waals surface area contributed by atoms with Crippen molar-refractivity contribution in [3.8, 4) is 0 Å². The minimum atomic E-state index is -0.169. The lowest BCUT2D eigenvalue weighted by molar-refractivity contribution is -0.0793. The van der Waals surface area contributed by atoms with Crippen LogP contribution in [0.3, 0.4) is 0 Å². The number of ether oxygens (including phenoxy) is 1. The average molecular weight is 252 g/mol. The number of amides is 1. The van der Waals surface area contributed by atoms with Gasteiger partial charge in [0.15, 0.2) is 0 Å². The number of fused-ring (bicyclic) bond motifs is 3. The summed E-state index contributed by atoms with van der Waals surface area (Å²) in [6.45, 7) is 3.28. The third-order valence-corrected chi connectivity index (χ3v) is 4.89. The van der Waals surface area contributed by atoms with Gasteiger partial charge in [0.25, 0.3) is 0 Å². The fraction of sp³-hybridized carbons (Fsp3) is 0.929. The maximum Gasteiger partial charge on any atom is 0.407 e. The largest absolute Gasteiger partial charge is 0.443 e. The zero-order chi connectivity index (χ0) is 12.4. The summed E-state index contributed by atoms with van der Waals surface area (Å²) in [5.41, 5.74) is -0.145.